The van der Waals surface area contributed by atoms with E-state index in [0.717, 1.165) is 10.0 Å². The first kappa shape index (κ1) is 13.3. The lowest BCUT2D eigenvalue weighted by molar-refractivity contribution is 0.633. The molecule has 2 nitrogen and oxygen atoms in total. The van der Waals surface area contributed by atoms with Crippen molar-refractivity contribution in [3.05, 3.63) is 69.2 Å². The molecule has 18 heavy (non-hydrogen) atoms. The van der Waals surface area contributed by atoms with Crippen LogP contribution in [0.3, 0.4) is 0 Å². The number of hydrogen-bond acceptors (Lipinski definition) is 2. The van der Waals surface area contributed by atoms with E-state index < -0.39 is 0 Å². The third-order valence-electron chi connectivity index (χ3n) is 3.33. The standard InChI is InChI=1S/C15H17BrN2/c1-10-4-3-5-14(11(10)2)15(18-17)12-6-8-13(16)9-7-12/h3-9,15,18H,17H2,1-2H3. The number of nitrogens with one attached hydrogen (secondary N) is 1. The van der Waals surface area contributed by atoms with Gasteiger partial charge in [0.2, 0.25) is 0 Å². The lowest BCUT2D eigenvalue weighted by atomic mass is 9.93. The molecule has 3 N–H and O–H groups in total. The third-order valence-corrected chi connectivity index (χ3v) is 3.86. The van der Waals surface area contributed by atoms with Crippen molar-refractivity contribution in [2.24, 2.45) is 5.84 Å². The van der Waals surface area contributed by atoms with Gasteiger partial charge in [-0.2, -0.15) is 0 Å². The molecule has 0 radical (unpaired) electrons. The van der Waals surface area contributed by atoms with Crippen LogP contribution < -0.4 is 11.3 Å². The lowest BCUT2D eigenvalue weighted by Gasteiger charge is -2.20. The van der Waals surface area contributed by atoms with Crippen molar-refractivity contribution in [3.63, 3.8) is 0 Å². The SMILES string of the molecule is Cc1cccc(C(NN)c2ccc(Br)cc2)c1C. The zero-order valence-corrected chi connectivity index (χ0v) is 12.2. The molecule has 3 heteroatoms. The summed E-state index contributed by atoms with van der Waals surface area (Å²) >= 11 is 3.45. The first-order chi connectivity index (χ1) is 8.63. The van der Waals surface area contributed by atoms with E-state index in [9.17, 15) is 0 Å². The predicted octanol–water partition coefficient (Wildman–Crippen LogP) is 3.62. The summed E-state index contributed by atoms with van der Waals surface area (Å²) in [5, 5.41) is 0. The second-order valence-corrected chi connectivity index (χ2v) is 5.36. The van der Waals surface area contributed by atoms with Gasteiger partial charge in [-0.05, 0) is 48.2 Å². The first-order valence-electron chi connectivity index (χ1n) is 5.91. The van der Waals surface area contributed by atoms with Crippen molar-refractivity contribution in [1.82, 2.24) is 5.43 Å². The third kappa shape index (κ3) is 2.64. The van der Waals surface area contributed by atoms with Gasteiger partial charge in [0.05, 0.1) is 6.04 Å². The minimum absolute atomic E-state index is 0.0259. The normalized spacial score (nSPS) is 12.4. The van der Waals surface area contributed by atoms with Crippen LogP contribution in [-0.2, 0) is 0 Å². The molecule has 94 valence electrons. The fourth-order valence-corrected chi connectivity index (χ4v) is 2.37. The number of nitrogens with two attached hydrogens (primary N) is 1. The number of hydrogen-bond donors (Lipinski definition) is 2. The zero-order chi connectivity index (χ0) is 13.1. The van der Waals surface area contributed by atoms with Gasteiger partial charge in [0.25, 0.3) is 0 Å². The minimum Gasteiger partial charge on any atom is -0.271 e. The Morgan fingerprint density at radius 3 is 2.33 bits per heavy atom. The molecule has 0 aliphatic rings. The van der Waals surface area contributed by atoms with Gasteiger partial charge in [0.15, 0.2) is 0 Å². The number of halogens is 1. The second-order valence-electron chi connectivity index (χ2n) is 4.44. The van der Waals surface area contributed by atoms with E-state index in [1.807, 2.05) is 12.1 Å². The minimum atomic E-state index is 0.0259. The fourth-order valence-electron chi connectivity index (χ4n) is 2.11. The van der Waals surface area contributed by atoms with Crippen molar-refractivity contribution < 1.29 is 0 Å². The molecule has 0 bridgehead atoms. The summed E-state index contributed by atoms with van der Waals surface area (Å²) in [5.74, 6) is 5.73. The van der Waals surface area contributed by atoms with E-state index in [0.29, 0.717) is 0 Å². The second kappa shape index (κ2) is 5.65. The highest BCUT2D eigenvalue weighted by Gasteiger charge is 2.14. The van der Waals surface area contributed by atoms with Crippen LogP contribution in [0.25, 0.3) is 0 Å². The summed E-state index contributed by atoms with van der Waals surface area (Å²) in [6, 6.07) is 14.6. The van der Waals surface area contributed by atoms with Crippen LogP contribution in [0.4, 0.5) is 0 Å². The Labute approximate surface area is 116 Å². The Morgan fingerprint density at radius 1 is 1.06 bits per heavy atom. The summed E-state index contributed by atoms with van der Waals surface area (Å²) in [4.78, 5) is 0. The van der Waals surface area contributed by atoms with Crippen LogP contribution in [0.15, 0.2) is 46.9 Å². The van der Waals surface area contributed by atoms with Crippen LogP contribution >= 0.6 is 15.9 Å². The van der Waals surface area contributed by atoms with Gasteiger partial charge in [-0.15, -0.1) is 0 Å². The van der Waals surface area contributed by atoms with Crippen LogP contribution in [-0.4, -0.2) is 0 Å². The highest BCUT2D eigenvalue weighted by Crippen LogP contribution is 2.26. The molecular weight excluding hydrogens is 288 g/mol. The Hall–Kier alpha value is -1.16. The molecule has 0 amide bonds. The van der Waals surface area contributed by atoms with E-state index in [-0.39, 0.29) is 6.04 Å². The molecule has 0 aromatic heterocycles. The average molecular weight is 305 g/mol. The first-order valence-corrected chi connectivity index (χ1v) is 6.70. The molecule has 0 aliphatic carbocycles. The molecule has 1 unspecified atom stereocenters. The van der Waals surface area contributed by atoms with Crippen LogP contribution in [0.2, 0.25) is 0 Å². The quantitative estimate of drug-likeness (QED) is 0.671. The van der Waals surface area contributed by atoms with Gasteiger partial charge in [0.1, 0.15) is 0 Å². The van der Waals surface area contributed by atoms with E-state index in [1.165, 1.54) is 16.7 Å². The maximum absolute atomic E-state index is 5.73. The fraction of sp³-hybridized carbons (Fsp3) is 0.200. The molecule has 2 aromatic carbocycles. The Morgan fingerprint density at radius 2 is 1.72 bits per heavy atom. The molecule has 0 saturated carbocycles. The monoisotopic (exact) mass is 304 g/mol. The van der Waals surface area contributed by atoms with E-state index in [2.05, 4.69) is 65.5 Å². The molecule has 0 fully saturated rings. The van der Waals surface area contributed by atoms with Gasteiger partial charge in [0, 0.05) is 4.47 Å². The van der Waals surface area contributed by atoms with Crippen molar-refractivity contribution >= 4 is 15.9 Å². The van der Waals surface area contributed by atoms with Crippen LogP contribution in [0.1, 0.15) is 28.3 Å². The lowest BCUT2D eigenvalue weighted by Crippen LogP contribution is -2.29. The average Bonchev–Trinajstić information content (AvgIpc) is 2.37. The summed E-state index contributed by atoms with van der Waals surface area (Å²) in [7, 11) is 0. The molecule has 1 atom stereocenters. The Bertz CT molecular complexity index is 535. The van der Waals surface area contributed by atoms with Gasteiger partial charge >= 0.3 is 0 Å². The maximum Gasteiger partial charge on any atom is 0.0712 e. The van der Waals surface area contributed by atoms with Crippen LogP contribution in [0, 0.1) is 13.8 Å². The molecular formula is C15H17BrN2. The number of aryl methyl sites for hydroxylation is 1. The van der Waals surface area contributed by atoms with Crippen molar-refractivity contribution in [3.8, 4) is 0 Å². The van der Waals surface area contributed by atoms with E-state index >= 15 is 0 Å². The number of rotatable bonds is 3. The van der Waals surface area contributed by atoms with Gasteiger partial charge in [-0.1, -0.05) is 46.3 Å². The summed E-state index contributed by atoms with van der Waals surface area (Å²) in [6.45, 7) is 4.25. The van der Waals surface area contributed by atoms with Crippen molar-refractivity contribution in [2.75, 3.05) is 0 Å². The number of benzene rings is 2. The molecule has 0 heterocycles. The Kier molecular flexibility index (Phi) is 4.17. The summed E-state index contributed by atoms with van der Waals surface area (Å²) in [6.07, 6.45) is 0. The summed E-state index contributed by atoms with van der Waals surface area (Å²) in [5.41, 5.74) is 7.85. The maximum atomic E-state index is 5.73. The highest BCUT2D eigenvalue weighted by molar-refractivity contribution is 9.10. The molecule has 2 aromatic rings. The van der Waals surface area contributed by atoms with Gasteiger partial charge in [-0.25, -0.2) is 5.43 Å². The predicted molar refractivity (Wildman–Crippen MR) is 79.2 cm³/mol. The van der Waals surface area contributed by atoms with Gasteiger partial charge < -0.3 is 0 Å². The molecule has 0 aliphatic heterocycles. The van der Waals surface area contributed by atoms with Crippen molar-refractivity contribution in [2.45, 2.75) is 19.9 Å². The summed E-state index contributed by atoms with van der Waals surface area (Å²) < 4.78 is 1.07. The smallest absolute Gasteiger partial charge is 0.0712 e. The van der Waals surface area contributed by atoms with Gasteiger partial charge in [-0.3, -0.25) is 5.84 Å². The van der Waals surface area contributed by atoms with Crippen molar-refractivity contribution in [1.29, 1.82) is 0 Å². The number of hydrazine groups is 1. The van der Waals surface area contributed by atoms with E-state index in [1.54, 1.807) is 0 Å². The Balaban J connectivity index is 2.45. The van der Waals surface area contributed by atoms with Crippen LogP contribution in [0.5, 0.6) is 0 Å². The largest absolute Gasteiger partial charge is 0.271 e. The molecule has 2 rings (SSSR count). The molecule has 0 saturated heterocycles. The highest BCUT2D eigenvalue weighted by atomic mass is 79.9. The molecule has 0 spiro atoms. The topological polar surface area (TPSA) is 38.0 Å². The van der Waals surface area contributed by atoms with E-state index in [4.69, 9.17) is 5.84 Å². The zero-order valence-electron chi connectivity index (χ0n) is 10.6.